The Balaban J connectivity index is 1.54. The van der Waals surface area contributed by atoms with Crippen molar-refractivity contribution in [2.24, 2.45) is 4.99 Å². The van der Waals surface area contributed by atoms with Crippen LogP contribution in [0.1, 0.15) is 12.0 Å². The van der Waals surface area contributed by atoms with E-state index in [4.69, 9.17) is 28.2 Å². The van der Waals surface area contributed by atoms with Crippen molar-refractivity contribution >= 4 is 63.3 Å². The number of nitrogens with zero attached hydrogens (tertiary/aromatic N) is 2. The first-order valence-electron chi connectivity index (χ1n) is 10.4. The van der Waals surface area contributed by atoms with Gasteiger partial charge in [-0.3, -0.25) is 14.5 Å². The van der Waals surface area contributed by atoms with Crippen molar-refractivity contribution < 1.29 is 9.59 Å². The highest BCUT2D eigenvalue weighted by molar-refractivity contribution is 8.15. The Kier molecular flexibility index (Phi) is 7.70. The molecule has 3 aromatic rings. The lowest BCUT2D eigenvalue weighted by atomic mass is 10.1. The topological polar surface area (TPSA) is 61.8 Å². The molecule has 4 rings (SSSR count). The van der Waals surface area contributed by atoms with Crippen LogP contribution in [-0.2, 0) is 16.0 Å². The van der Waals surface area contributed by atoms with Gasteiger partial charge in [-0.2, -0.15) is 0 Å². The summed E-state index contributed by atoms with van der Waals surface area (Å²) in [6.07, 6.45) is 0.725. The van der Waals surface area contributed by atoms with Gasteiger partial charge in [-0.1, -0.05) is 77.4 Å². The summed E-state index contributed by atoms with van der Waals surface area (Å²) in [4.78, 5) is 32.4. The van der Waals surface area contributed by atoms with Gasteiger partial charge >= 0.3 is 0 Å². The van der Waals surface area contributed by atoms with E-state index in [2.05, 4.69) is 5.32 Å². The van der Waals surface area contributed by atoms with E-state index in [1.807, 2.05) is 54.6 Å². The minimum absolute atomic E-state index is 0.0788. The lowest BCUT2D eigenvalue weighted by molar-refractivity contribution is -0.129. The molecule has 2 amide bonds. The SMILES string of the molecule is O=C(Nc1ccccc1Cl)C1CC(=O)N(CCc2ccc(Cl)cc2)C(=Nc2ccccc2)S1. The second kappa shape index (κ2) is 10.9. The van der Waals surface area contributed by atoms with Crippen LogP contribution in [0.25, 0.3) is 0 Å². The van der Waals surface area contributed by atoms with E-state index in [-0.39, 0.29) is 18.2 Å². The van der Waals surface area contributed by atoms with Crippen molar-refractivity contribution in [2.75, 3.05) is 11.9 Å². The van der Waals surface area contributed by atoms with Gasteiger partial charge in [0.2, 0.25) is 11.8 Å². The quantitative estimate of drug-likeness (QED) is 0.441. The molecule has 33 heavy (non-hydrogen) atoms. The van der Waals surface area contributed by atoms with Crippen molar-refractivity contribution in [1.82, 2.24) is 4.90 Å². The molecule has 1 aliphatic heterocycles. The predicted molar refractivity (Wildman–Crippen MR) is 136 cm³/mol. The van der Waals surface area contributed by atoms with Crippen LogP contribution in [-0.4, -0.2) is 33.7 Å². The maximum Gasteiger partial charge on any atom is 0.238 e. The Morgan fingerprint density at radius 1 is 1.00 bits per heavy atom. The van der Waals surface area contributed by atoms with Crippen molar-refractivity contribution in [3.05, 3.63) is 94.5 Å². The van der Waals surface area contributed by atoms with Gasteiger partial charge in [-0.05, 0) is 48.4 Å². The van der Waals surface area contributed by atoms with Gasteiger partial charge in [0.1, 0.15) is 5.25 Å². The Morgan fingerprint density at radius 3 is 2.42 bits per heavy atom. The van der Waals surface area contributed by atoms with Gasteiger partial charge < -0.3 is 5.32 Å². The molecule has 0 spiro atoms. The zero-order valence-electron chi connectivity index (χ0n) is 17.6. The third-order valence-electron chi connectivity index (χ3n) is 5.08. The van der Waals surface area contributed by atoms with Crippen molar-refractivity contribution in [2.45, 2.75) is 18.1 Å². The van der Waals surface area contributed by atoms with E-state index >= 15 is 0 Å². The summed E-state index contributed by atoms with van der Waals surface area (Å²) in [5, 5.41) is 3.84. The minimum Gasteiger partial charge on any atom is -0.324 e. The lowest BCUT2D eigenvalue weighted by Crippen LogP contribution is -2.46. The first kappa shape index (κ1) is 23.4. The van der Waals surface area contributed by atoms with E-state index < -0.39 is 5.25 Å². The molecule has 0 aromatic heterocycles. The number of anilines is 1. The zero-order valence-corrected chi connectivity index (χ0v) is 19.9. The molecule has 1 N–H and O–H groups in total. The Labute approximate surface area is 206 Å². The third kappa shape index (κ3) is 6.16. The Morgan fingerprint density at radius 2 is 1.70 bits per heavy atom. The summed E-state index contributed by atoms with van der Waals surface area (Å²) in [6.45, 7) is 0.456. The van der Waals surface area contributed by atoms with E-state index in [9.17, 15) is 9.59 Å². The van der Waals surface area contributed by atoms with Gasteiger partial charge in [0.05, 0.1) is 16.4 Å². The molecule has 0 bridgehead atoms. The normalized spacial score (nSPS) is 17.3. The number of carbonyl (C=O) groups excluding carboxylic acids is 2. The highest BCUT2D eigenvalue weighted by Crippen LogP contribution is 2.31. The number of rotatable bonds is 6. The number of para-hydroxylation sites is 2. The molecule has 1 atom stereocenters. The summed E-state index contributed by atoms with van der Waals surface area (Å²) in [7, 11) is 0. The molecule has 0 aliphatic carbocycles. The highest BCUT2D eigenvalue weighted by atomic mass is 35.5. The van der Waals surface area contributed by atoms with Gasteiger partial charge in [-0.25, -0.2) is 4.99 Å². The minimum atomic E-state index is -0.608. The third-order valence-corrected chi connectivity index (χ3v) is 6.85. The first-order chi connectivity index (χ1) is 16.0. The number of amides is 2. The number of hydrogen-bond acceptors (Lipinski definition) is 4. The summed E-state index contributed by atoms with van der Waals surface area (Å²) in [5.74, 6) is -0.420. The fraction of sp³-hybridized carbons (Fsp3) is 0.160. The molecular formula is C25H21Cl2N3O2S. The summed E-state index contributed by atoms with van der Waals surface area (Å²) in [6, 6.07) is 24.0. The number of halogens is 2. The van der Waals surface area contributed by atoms with Crippen LogP contribution in [0.15, 0.2) is 83.9 Å². The number of aliphatic imine (C=N–C) groups is 1. The summed E-state index contributed by atoms with van der Waals surface area (Å²) < 4.78 is 0. The van der Waals surface area contributed by atoms with Crippen LogP contribution in [0.2, 0.25) is 10.0 Å². The van der Waals surface area contributed by atoms with Gasteiger partial charge in [-0.15, -0.1) is 0 Å². The standard InChI is InChI=1S/C25H21Cl2N3O2S/c26-18-12-10-17(11-13-18)14-15-30-23(31)16-22(24(32)29-21-9-5-4-8-20(21)27)33-25(30)28-19-6-2-1-3-7-19/h1-13,22H,14-16H2,(H,29,32). The van der Waals surface area contributed by atoms with Crippen LogP contribution in [0.3, 0.4) is 0 Å². The van der Waals surface area contributed by atoms with Gasteiger partial charge in [0, 0.05) is 18.0 Å². The molecule has 5 nitrogen and oxygen atoms in total. The van der Waals surface area contributed by atoms with E-state index in [1.165, 1.54) is 11.8 Å². The Hall–Kier alpha value is -2.80. The molecule has 3 aromatic carbocycles. The number of thioether (sulfide) groups is 1. The van der Waals surface area contributed by atoms with Crippen molar-refractivity contribution in [3.63, 3.8) is 0 Å². The maximum atomic E-state index is 13.1. The van der Waals surface area contributed by atoms with Crippen molar-refractivity contribution in [1.29, 1.82) is 0 Å². The average Bonchev–Trinajstić information content (AvgIpc) is 2.81. The molecule has 8 heteroatoms. The lowest BCUT2D eigenvalue weighted by Gasteiger charge is -2.32. The molecule has 1 fully saturated rings. The largest absolute Gasteiger partial charge is 0.324 e. The van der Waals surface area contributed by atoms with Gasteiger partial charge in [0.15, 0.2) is 5.17 Å². The molecule has 0 radical (unpaired) electrons. The molecule has 1 heterocycles. The van der Waals surface area contributed by atoms with Crippen LogP contribution in [0.5, 0.6) is 0 Å². The number of amidine groups is 1. The first-order valence-corrected chi connectivity index (χ1v) is 12.0. The average molecular weight is 498 g/mol. The monoisotopic (exact) mass is 497 g/mol. The number of nitrogens with one attached hydrogen (secondary N) is 1. The summed E-state index contributed by atoms with van der Waals surface area (Å²) in [5.41, 5.74) is 2.30. The molecular weight excluding hydrogens is 477 g/mol. The second-order valence-corrected chi connectivity index (χ2v) is 9.45. The van der Waals surface area contributed by atoms with Crippen LogP contribution in [0, 0.1) is 0 Å². The number of benzene rings is 3. The van der Waals surface area contributed by atoms with E-state index in [0.29, 0.717) is 33.9 Å². The van der Waals surface area contributed by atoms with Crippen LogP contribution < -0.4 is 5.32 Å². The Bertz CT molecular complexity index is 1170. The van der Waals surface area contributed by atoms with E-state index in [0.717, 1.165) is 11.3 Å². The highest BCUT2D eigenvalue weighted by Gasteiger charge is 2.36. The molecule has 0 saturated carbocycles. The van der Waals surface area contributed by atoms with Crippen LogP contribution >= 0.6 is 35.0 Å². The summed E-state index contributed by atoms with van der Waals surface area (Å²) >= 11 is 13.4. The molecule has 1 unspecified atom stereocenters. The fourth-order valence-corrected chi connectivity index (χ4v) is 4.78. The maximum absolute atomic E-state index is 13.1. The zero-order chi connectivity index (χ0) is 23.2. The second-order valence-electron chi connectivity index (χ2n) is 7.43. The fourth-order valence-electron chi connectivity index (χ4n) is 3.34. The molecule has 168 valence electrons. The van der Waals surface area contributed by atoms with Crippen molar-refractivity contribution in [3.8, 4) is 0 Å². The predicted octanol–water partition coefficient (Wildman–Crippen LogP) is 6.20. The van der Waals surface area contributed by atoms with E-state index in [1.54, 1.807) is 29.2 Å². The van der Waals surface area contributed by atoms with Crippen LogP contribution in [0.4, 0.5) is 11.4 Å². The van der Waals surface area contributed by atoms with Gasteiger partial charge in [0.25, 0.3) is 0 Å². The molecule has 1 saturated heterocycles. The number of carbonyl (C=O) groups is 2. The smallest absolute Gasteiger partial charge is 0.238 e. The number of hydrogen-bond donors (Lipinski definition) is 1. The molecule has 1 aliphatic rings.